The van der Waals surface area contributed by atoms with Crippen LogP contribution in [0.3, 0.4) is 0 Å². The maximum Gasteiger partial charge on any atom is 0.305 e. The zero-order chi connectivity index (χ0) is 27.7. The summed E-state index contributed by atoms with van der Waals surface area (Å²) in [6.45, 7) is 4.45. The molecule has 2 aromatic carbocycles. The van der Waals surface area contributed by atoms with Gasteiger partial charge in [-0.05, 0) is 55.0 Å². The van der Waals surface area contributed by atoms with Gasteiger partial charge in [-0.2, -0.15) is 4.31 Å². The Balaban J connectivity index is 1.56. The quantitative estimate of drug-likeness (QED) is 0.253. The summed E-state index contributed by atoms with van der Waals surface area (Å²) in [4.78, 5) is 11.2. The highest BCUT2D eigenvalue weighted by molar-refractivity contribution is 7.89. The average molecular weight is 551 g/mol. The van der Waals surface area contributed by atoms with Crippen molar-refractivity contribution in [1.29, 1.82) is 0 Å². The third-order valence-corrected chi connectivity index (χ3v) is 7.93. The number of rotatable bonds is 15. The van der Waals surface area contributed by atoms with Crippen LogP contribution in [0.15, 0.2) is 47.4 Å². The molecule has 0 bridgehead atoms. The summed E-state index contributed by atoms with van der Waals surface area (Å²) in [5.41, 5.74) is 7.19. The molecule has 0 spiro atoms. The van der Waals surface area contributed by atoms with Gasteiger partial charge in [0.05, 0.1) is 24.7 Å². The number of ether oxygens (including phenoxy) is 4. The van der Waals surface area contributed by atoms with Crippen LogP contribution < -0.4 is 19.9 Å². The number of carbonyl (C=O) groups is 1. The lowest BCUT2D eigenvalue weighted by atomic mass is 10.0. The van der Waals surface area contributed by atoms with Crippen molar-refractivity contribution in [2.75, 3.05) is 33.6 Å². The standard InChI is InChI=1S/C27H38N2O8S/c1-19(2)16-29(38(32,33)22-11-12-25-26(15-22)37-18-36-25)17-24(30)23(28)14-20-7-9-21(10-8-20)35-13-5-4-6-27(31)34-3/h7-12,15,19,23-24,30H,4-6,13-14,16-18,28H2,1-3H3/t23-,24+/m0/s1. The Morgan fingerprint density at radius 2 is 1.79 bits per heavy atom. The first kappa shape index (κ1) is 29.7. The van der Waals surface area contributed by atoms with Crippen LogP contribution in [0.2, 0.25) is 0 Å². The van der Waals surface area contributed by atoms with Crippen molar-refractivity contribution in [3.05, 3.63) is 48.0 Å². The molecule has 2 atom stereocenters. The second kappa shape index (κ2) is 13.8. The van der Waals surface area contributed by atoms with E-state index in [2.05, 4.69) is 4.74 Å². The minimum atomic E-state index is -3.90. The second-order valence-electron chi connectivity index (χ2n) is 9.69. The molecule has 0 saturated carbocycles. The molecule has 1 aliphatic heterocycles. The number of sulfonamides is 1. The molecule has 2 aromatic rings. The number of unbranched alkanes of at least 4 members (excludes halogenated alkanes) is 1. The Hall–Kier alpha value is -2.86. The number of nitrogens with zero attached hydrogens (tertiary/aromatic N) is 1. The summed E-state index contributed by atoms with van der Waals surface area (Å²) < 4.78 is 49.1. The van der Waals surface area contributed by atoms with E-state index in [1.807, 2.05) is 38.1 Å². The highest BCUT2D eigenvalue weighted by Gasteiger charge is 2.31. The van der Waals surface area contributed by atoms with Crippen LogP contribution in [-0.2, 0) is 26.0 Å². The molecule has 3 rings (SSSR count). The van der Waals surface area contributed by atoms with Crippen LogP contribution in [0.1, 0.15) is 38.7 Å². The minimum Gasteiger partial charge on any atom is -0.494 e. The molecular formula is C27H38N2O8S. The van der Waals surface area contributed by atoms with Crippen LogP contribution in [0.25, 0.3) is 0 Å². The van der Waals surface area contributed by atoms with E-state index >= 15 is 0 Å². The predicted octanol–water partition coefficient (Wildman–Crippen LogP) is 2.72. The number of nitrogens with two attached hydrogens (primary N) is 1. The molecule has 10 nitrogen and oxygen atoms in total. The summed E-state index contributed by atoms with van der Waals surface area (Å²) in [5.74, 6) is 1.37. The van der Waals surface area contributed by atoms with E-state index in [0.29, 0.717) is 43.1 Å². The molecule has 11 heteroatoms. The van der Waals surface area contributed by atoms with Crippen LogP contribution in [0.5, 0.6) is 17.2 Å². The Kier molecular flexibility index (Phi) is 10.8. The van der Waals surface area contributed by atoms with Crippen LogP contribution in [-0.4, -0.2) is 69.5 Å². The van der Waals surface area contributed by atoms with Gasteiger partial charge in [-0.25, -0.2) is 8.42 Å². The Labute approximate surface area is 224 Å². The van der Waals surface area contributed by atoms with Gasteiger partial charge in [0.1, 0.15) is 5.75 Å². The number of methoxy groups -OCH3 is 1. The zero-order valence-corrected chi connectivity index (χ0v) is 23.0. The number of benzene rings is 2. The van der Waals surface area contributed by atoms with Gasteiger partial charge in [-0.3, -0.25) is 4.79 Å². The highest BCUT2D eigenvalue weighted by atomic mass is 32.2. The Bertz CT molecular complexity index is 1150. The van der Waals surface area contributed by atoms with Gasteiger partial charge >= 0.3 is 5.97 Å². The number of aliphatic hydroxyl groups is 1. The summed E-state index contributed by atoms with van der Waals surface area (Å²) in [6, 6.07) is 11.2. The highest BCUT2D eigenvalue weighted by Crippen LogP contribution is 2.34. The topological polar surface area (TPSA) is 138 Å². The maximum atomic E-state index is 13.4. The normalized spacial score (nSPS) is 14.5. The third-order valence-electron chi connectivity index (χ3n) is 6.10. The summed E-state index contributed by atoms with van der Waals surface area (Å²) in [7, 11) is -2.53. The van der Waals surface area contributed by atoms with Crippen molar-refractivity contribution in [2.45, 2.75) is 56.6 Å². The summed E-state index contributed by atoms with van der Waals surface area (Å²) in [6.07, 6.45) is 1.07. The number of carbonyl (C=O) groups excluding carboxylic acids is 1. The van der Waals surface area contributed by atoms with E-state index in [4.69, 9.17) is 19.9 Å². The third kappa shape index (κ3) is 8.32. The number of fused-ring (bicyclic) bond motifs is 1. The Morgan fingerprint density at radius 1 is 1.08 bits per heavy atom. The smallest absolute Gasteiger partial charge is 0.305 e. The number of esters is 1. The lowest BCUT2D eigenvalue weighted by Crippen LogP contribution is -2.47. The second-order valence-corrected chi connectivity index (χ2v) is 11.6. The molecule has 0 aliphatic carbocycles. The summed E-state index contributed by atoms with van der Waals surface area (Å²) >= 11 is 0. The molecule has 1 heterocycles. The van der Waals surface area contributed by atoms with Gasteiger partial charge < -0.3 is 29.8 Å². The molecule has 0 amide bonds. The molecule has 0 fully saturated rings. The number of hydrogen-bond donors (Lipinski definition) is 2. The number of aliphatic hydroxyl groups excluding tert-OH is 1. The molecule has 3 N–H and O–H groups in total. The molecule has 1 aliphatic rings. The fraction of sp³-hybridized carbons (Fsp3) is 0.519. The molecule has 0 saturated heterocycles. The van der Waals surface area contributed by atoms with Gasteiger partial charge in [0.25, 0.3) is 0 Å². The van der Waals surface area contributed by atoms with Crippen molar-refractivity contribution in [3.8, 4) is 17.2 Å². The first-order chi connectivity index (χ1) is 18.1. The predicted molar refractivity (Wildman–Crippen MR) is 142 cm³/mol. The van der Waals surface area contributed by atoms with Gasteiger partial charge in [0, 0.05) is 31.6 Å². The van der Waals surface area contributed by atoms with Crippen molar-refractivity contribution in [2.24, 2.45) is 11.7 Å². The largest absolute Gasteiger partial charge is 0.494 e. The maximum absolute atomic E-state index is 13.4. The van der Waals surface area contributed by atoms with E-state index in [9.17, 15) is 18.3 Å². The summed E-state index contributed by atoms with van der Waals surface area (Å²) in [5, 5.41) is 10.9. The van der Waals surface area contributed by atoms with Crippen molar-refractivity contribution in [3.63, 3.8) is 0 Å². The Morgan fingerprint density at radius 3 is 2.47 bits per heavy atom. The van der Waals surface area contributed by atoms with Crippen LogP contribution >= 0.6 is 0 Å². The van der Waals surface area contributed by atoms with Gasteiger partial charge in [0.15, 0.2) is 11.5 Å². The van der Waals surface area contributed by atoms with E-state index in [0.717, 1.165) is 12.0 Å². The molecule has 210 valence electrons. The van der Waals surface area contributed by atoms with Gasteiger partial charge in [0.2, 0.25) is 16.8 Å². The lowest BCUT2D eigenvalue weighted by Gasteiger charge is -2.28. The first-order valence-corrected chi connectivity index (χ1v) is 14.2. The number of hydrogen-bond acceptors (Lipinski definition) is 9. The average Bonchev–Trinajstić information content (AvgIpc) is 3.36. The molecule has 0 unspecified atom stereocenters. The zero-order valence-electron chi connectivity index (χ0n) is 22.2. The van der Waals surface area contributed by atoms with Crippen molar-refractivity contribution < 1.29 is 37.3 Å². The first-order valence-electron chi connectivity index (χ1n) is 12.7. The molecule has 38 heavy (non-hydrogen) atoms. The monoisotopic (exact) mass is 550 g/mol. The van der Waals surface area contributed by atoms with E-state index in [-0.39, 0.29) is 36.7 Å². The van der Waals surface area contributed by atoms with Crippen LogP contribution in [0.4, 0.5) is 0 Å². The fourth-order valence-electron chi connectivity index (χ4n) is 4.00. The van der Waals surface area contributed by atoms with E-state index < -0.39 is 22.2 Å². The van der Waals surface area contributed by atoms with Gasteiger partial charge in [-0.1, -0.05) is 26.0 Å². The molecule has 0 radical (unpaired) electrons. The minimum absolute atomic E-state index is 0.0372. The van der Waals surface area contributed by atoms with E-state index in [1.165, 1.54) is 23.5 Å². The SMILES string of the molecule is COC(=O)CCCCOc1ccc(C[C@H](N)[C@H](O)CN(CC(C)C)S(=O)(=O)c2ccc3c(c2)OCO3)cc1. The van der Waals surface area contributed by atoms with Crippen molar-refractivity contribution in [1.82, 2.24) is 4.31 Å². The molecule has 0 aromatic heterocycles. The lowest BCUT2D eigenvalue weighted by molar-refractivity contribution is -0.140. The fourth-order valence-corrected chi connectivity index (χ4v) is 5.64. The molecular weight excluding hydrogens is 512 g/mol. The van der Waals surface area contributed by atoms with Crippen molar-refractivity contribution >= 4 is 16.0 Å². The van der Waals surface area contributed by atoms with E-state index in [1.54, 1.807) is 6.07 Å². The van der Waals surface area contributed by atoms with Gasteiger partial charge in [-0.15, -0.1) is 0 Å². The van der Waals surface area contributed by atoms with Crippen LogP contribution in [0, 0.1) is 5.92 Å².